The Morgan fingerprint density at radius 2 is 2.03 bits per heavy atom. The summed E-state index contributed by atoms with van der Waals surface area (Å²) in [6, 6.07) is 5.50. The number of carbonyl (C=O) groups is 1. The van der Waals surface area contributed by atoms with Gasteiger partial charge >= 0.3 is 0 Å². The summed E-state index contributed by atoms with van der Waals surface area (Å²) in [5, 5.41) is 16.8. The van der Waals surface area contributed by atoms with E-state index in [1.807, 2.05) is 35.4 Å². The molecule has 2 fully saturated rings. The first-order valence-electron chi connectivity index (χ1n) is 11.8. The third-order valence-electron chi connectivity index (χ3n) is 6.87. The second-order valence-corrected chi connectivity index (χ2v) is 9.95. The minimum absolute atomic E-state index is 0.0168. The Bertz CT molecular complexity index is 1070. The molecule has 0 aromatic heterocycles. The summed E-state index contributed by atoms with van der Waals surface area (Å²) in [7, 11) is 0. The highest BCUT2D eigenvalue weighted by molar-refractivity contribution is 6.35. The molecule has 2 unspecified atom stereocenters. The number of hydrogen-bond acceptors (Lipinski definition) is 8. The summed E-state index contributed by atoms with van der Waals surface area (Å²) in [4.78, 5) is 19.1. The minimum Gasteiger partial charge on any atom is -0.381 e. The van der Waals surface area contributed by atoms with Gasteiger partial charge in [-0.2, -0.15) is 0 Å². The Balaban J connectivity index is 1.39. The lowest BCUT2D eigenvalue weighted by atomic mass is 10.1. The van der Waals surface area contributed by atoms with E-state index in [4.69, 9.17) is 33.7 Å². The molecule has 1 amide bonds. The van der Waals surface area contributed by atoms with Gasteiger partial charge in [-0.05, 0) is 29.8 Å². The highest BCUT2D eigenvalue weighted by Gasteiger charge is 2.36. The van der Waals surface area contributed by atoms with Gasteiger partial charge in [-0.1, -0.05) is 29.3 Å². The number of amides is 1. The molecule has 0 bridgehead atoms. The van der Waals surface area contributed by atoms with Crippen LogP contribution in [0.5, 0.6) is 0 Å². The van der Waals surface area contributed by atoms with Crippen molar-refractivity contribution in [3.05, 3.63) is 63.4 Å². The molecule has 0 radical (unpaired) electrons. The Labute approximate surface area is 214 Å². The largest absolute Gasteiger partial charge is 0.381 e. The molecule has 0 saturated carbocycles. The number of fused-ring (bicyclic) bond motifs is 1. The van der Waals surface area contributed by atoms with Crippen LogP contribution in [0.1, 0.15) is 5.56 Å². The van der Waals surface area contributed by atoms with Gasteiger partial charge in [-0.15, -0.1) is 0 Å². The molecule has 188 valence electrons. The zero-order valence-electron chi connectivity index (χ0n) is 19.3. The Morgan fingerprint density at radius 3 is 2.69 bits per heavy atom. The Kier molecular flexibility index (Phi) is 7.36. The van der Waals surface area contributed by atoms with Crippen molar-refractivity contribution in [3.63, 3.8) is 0 Å². The lowest BCUT2D eigenvalue weighted by molar-refractivity contribution is -0.151. The number of nitrogens with two attached hydrogens (primary N) is 1. The Hall–Kier alpha value is -2.11. The number of hydrogen-bond donors (Lipinski definition) is 4. The SMILES string of the molecule is NC(NCO)C1=CN2C(CN3CCN(C(=O)C4COC4)CC3)=C(c3ccc(Cl)cc3Cl)NC2C=C1. The summed E-state index contributed by atoms with van der Waals surface area (Å²) in [5.74, 6) is 0.216. The maximum absolute atomic E-state index is 12.6. The van der Waals surface area contributed by atoms with Gasteiger partial charge in [0.2, 0.25) is 5.91 Å². The van der Waals surface area contributed by atoms with Crippen LogP contribution in [0.25, 0.3) is 5.70 Å². The van der Waals surface area contributed by atoms with Crippen molar-refractivity contribution in [1.82, 2.24) is 25.3 Å². The van der Waals surface area contributed by atoms with E-state index in [1.54, 1.807) is 6.07 Å². The molecule has 4 aliphatic heterocycles. The van der Waals surface area contributed by atoms with Gasteiger partial charge in [0.25, 0.3) is 0 Å². The zero-order valence-corrected chi connectivity index (χ0v) is 20.8. The number of nitrogens with one attached hydrogen (secondary N) is 2. The molecular formula is C24H30Cl2N6O3. The van der Waals surface area contributed by atoms with Gasteiger partial charge in [0.1, 0.15) is 6.17 Å². The number of aliphatic hydroxyl groups is 1. The summed E-state index contributed by atoms with van der Waals surface area (Å²) < 4.78 is 5.18. The second-order valence-electron chi connectivity index (χ2n) is 9.11. The first kappa shape index (κ1) is 24.6. The number of benzene rings is 1. The molecule has 1 aromatic carbocycles. The van der Waals surface area contributed by atoms with Gasteiger partial charge in [0, 0.05) is 49.5 Å². The van der Waals surface area contributed by atoms with Crippen molar-refractivity contribution in [2.45, 2.75) is 12.3 Å². The first-order chi connectivity index (χ1) is 16.9. The van der Waals surface area contributed by atoms with Crippen LogP contribution in [0.15, 0.2) is 47.8 Å². The molecule has 35 heavy (non-hydrogen) atoms. The van der Waals surface area contributed by atoms with Crippen molar-refractivity contribution < 1.29 is 14.6 Å². The van der Waals surface area contributed by atoms with Gasteiger partial charge < -0.3 is 30.7 Å². The lowest BCUT2D eigenvalue weighted by Gasteiger charge is -2.39. The summed E-state index contributed by atoms with van der Waals surface area (Å²) in [6.07, 6.45) is 5.43. The molecule has 11 heteroatoms. The highest BCUT2D eigenvalue weighted by atomic mass is 35.5. The highest BCUT2D eigenvalue weighted by Crippen LogP contribution is 2.36. The third kappa shape index (κ3) is 5.08. The molecule has 0 aliphatic carbocycles. The monoisotopic (exact) mass is 520 g/mol. The van der Waals surface area contributed by atoms with Crippen molar-refractivity contribution in [1.29, 1.82) is 0 Å². The summed E-state index contributed by atoms with van der Waals surface area (Å²) >= 11 is 12.8. The average Bonchev–Trinajstić information content (AvgIpc) is 3.16. The van der Waals surface area contributed by atoms with Gasteiger partial charge in [0.15, 0.2) is 0 Å². The summed E-state index contributed by atoms with van der Waals surface area (Å²) in [6.45, 7) is 4.49. The Morgan fingerprint density at radius 1 is 1.26 bits per heavy atom. The number of piperazine rings is 1. The van der Waals surface area contributed by atoms with Crippen molar-refractivity contribution in [2.75, 3.05) is 52.7 Å². The van der Waals surface area contributed by atoms with E-state index in [0.717, 1.165) is 35.6 Å². The van der Waals surface area contributed by atoms with E-state index in [0.29, 0.717) is 42.9 Å². The standard InChI is InChI=1S/C24H30Cl2N6O3/c25-17-2-3-18(19(26)9-17)22-20(32-10-15(23(27)28-14-33)1-4-21(32)29-22)11-30-5-7-31(8-6-30)24(34)16-12-35-13-16/h1-4,9-10,16,21,23,28-29,33H,5-8,11-14,27H2. The average molecular weight is 521 g/mol. The van der Waals surface area contributed by atoms with Crippen LogP contribution in [0.2, 0.25) is 10.0 Å². The number of nitrogens with zero attached hydrogens (tertiary/aromatic N) is 3. The van der Waals surface area contributed by atoms with Crippen LogP contribution in [0, 0.1) is 5.92 Å². The first-order valence-corrected chi connectivity index (χ1v) is 12.5. The van der Waals surface area contributed by atoms with Crippen LogP contribution in [-0.2, 0) is 9.53 Å². The molecule has 9 nitrogen and oxygen atoms in total. The van der Waals surface area contributed by atoms with E-state index < -0.39 is 6.17 Å². The topological polar surface area (TPSA) is 106 Å². The van der Waals surface area contributed by atoms with Crippen LogP contribution in [0.3, 0.4) is 0 Å². The number of halogens is 2. The van der Waals surface area contributed by atoms with E-state index in [2.05, 4.69) is 20.4 Å². The van der Waals surface area contributed by atoms with E-state index in [1.165, 1.54) is 0 Å². The van der Waals surface area contributed by atoms with Crippen LogP contribution >= 0.6 is 23.2 Å². The van der Waals surface area contributed by atoms with E-state index >= 15 is 0 Å². The molecule has 4 heterocycles. The fourth-order valence-electron chi connectivity index (χ4n) is 4.76. The summed E-state index contributed by atoms with van der Waals surface area (Å²) in [5.41, 5.74) is 9.93. The van der Waals surface area contributed by atoms with E-state index in [-0.39, 0.29) is 24.7 Å². The van der Waals surface area contributed by atoms with Crippen molar-refractivity contribution in [3.8, 4) is 0 Å². The van der Waals surface area contributed by atoms with Gasteiger partial charge in [-0.25, -0.2) is 0 Å². The zero-order chi connectivity index (χ0) is 24.5. The molecule has 2 atom stereocenters. The molecule has 2 saturated heterocycles. The lowest BCUT2D eigenvalue weighted by Crippen LogP contribution is -2.53. The third-order valence-corrected chi connectivity index (χ3v) is 7.41. The minimum atomic E-state index is -0.494. The maximum atomic E-state index is 12.6. The van der Waals surface area contributed by atoms with Gasteiger partial charge in [-0.3, -0.25) is 15.0 Å². The predicted octanol–water partition coefficient (Wildman–Crippen LogP) is 0.962. The molecule has 4 aliphatic rings. The quantitative estimate of drug-likeness (QED) is 0.394. The maximum Gasteiger partial charge on any atom is 0.230 e. The smallest absolute Gasteiger partial charge is 0.230 e. The van der Waals surface area contributed by atoms with Gasteiger partial charge in [0.05, 0.1) is 48.4 Å². The van der Waals surface area contributed by atoms with Crippen LogP contribution < -0.4 is 16.4 Å². The fourth-order valence-corrected chi connectivity index (χ4v) is 5.27. The van der Waals surface area contributed by atoms with Crippen LogP contribution in [-0.4, -0.2) is 90.7 Å². The fraction of sp³-hybridized carbons (Fsp3) is 0.458. The van der Waals surface area contributed by atoms with Crippen LogP contribution in [0.4, 0.5) is 0 Å². The normalized spacial score (nSPS) is 23.7. The van der Waals surface area contributed by atoms with Crippen molar-refractivity contribution in [2.24, 2.45) is 11.7 Å². The molecule has 0 spiro atoms. The molecule has 5 N–H and O–H groups in total. The molecular weight excluding hydrogens is 491 g/mol. The number of aliphatic hydroxyl groups excluding tert-OH is 1. The number of rotatable bonds is 7. The number of carbonyl (C=O) groups excluding carboxylic acids is 1. The second kappa shape index (κ2) is 10.5. The molecule has 5 rings (SSSR count). The molecule has 1 aromatic rings. The number of ether oxygens (including phenoxy) is 1. The van der Waals surface area contributed by atoms with Crippen molar-refractivity contribution >= 4 is 34.8 Å². The van der Waals surface area contributed by atoms with E-state index in [9.17, 15) is 9.90 Å². The predicted molar refractivity (Wildman–Crippen MR) is 135 cm³/mol.